The van der Waals surface area contributed by atoms with Crippen molar-refractivity contribution in [3.8, 4) is 5.19 Å². The Morgan fingerprint density at radius 1 is 1.15 bits per heavy atom. The molecule has 1 saturated heterocycles. The number of nitrogens with one attached hydrogen (secondary N) is 2. The smallest absolute Gasteiger partial charge is 0.274 e. The summed E-state index contributed by atoms with van der Waals surface area (Å²) in [4.78, 5) is 29.2. The van der Waals surface area contributed by atoms with Crippen molar-refractivity contribution in [1.82, 2.24) is 24.7 Å². The van der Waals surface area contributed by atoms with E-state index in [4.69, 9.17) is 4.74 Å². The van der Waals surface area contributed by atoms with Gasteiger partial charge in [-0.2, -0.15) is 0 Å². The minimum absolute atomic E-state index is 0.257. The Kier molecular flexibility index (Phi) is 5.41. The number of carbonyl (C=O) groups excluding carboxylic acids is 1. The summed E-state index contributed by atoms with van der Waals surface area (Å²) in [7, 11) is 1.60. The molecule has 1 fully saturated rings. The lowest BCUT2D eigenvalue weighted by Gasteiger charge is -2.37. The van der Waals surface area contributed by atoms with Crippen LogP contribution < -0.4 is 20.3 Å². The van der Waals surface area contributed by atoms with Crippen LogP contribution >= 0.6 is 11.3 Å². The first-order valence-corrected chi connectivity index (χ1v) is 11.8. The molecular formula is C23H27N7O2S. The van der Waals surface area contributed by atoms with E-state index >= 15 is 0 Å². The number of thiazole rings is 1. The van der Waals surface area contributed by atoms with E-state index in [2.05, 4.69) is 44.3 Å². The molecule has 1 aromatic carbocycles. The van der Waals surface area contributed by atoms with Crippen LogP contribution in [0.2, 0.25) is 0 Å². The molecule has 172 valence electrons. The molecule has 33 heavy (non-hydrogen) atoms. The molecule has 0 spiro atoms. The number of fused-ring (bicyclic) bond motifs is 2. The third-order valence-corrected chi connectivity index (χ3v) is 6.83. The van der Waals surface area contributed by atoms with Gasteiger partial charge in [0.05, 0.1) is 40.6 Å². The van der Waals surface area contributed by atoms with Crippen LogP contribution in [0.3, 0.4) is 0 Å². The number of aryl methyl sites for hydroxylation is 2. The Morgan fingerprint density at radius 2 is 1.91 bits per heavy atom. The van der Waals surface area contributed by atoms with Crippen molar-refractivity contribution in [3.05, 3.63) is 41.5 Å². The van der Waals surface area contributed by atoms with E-state index in [0.717, 1.165) is 34.9 Å². The fourth-order valence-corrected chi connectivity index (χ4v) is 5.51. The molecule has 1 aliphatic rings. The van der Waals surface area contributed by atoms with Gasteiger partial charge in [-0.15, -0.1) is 0 Å². The van der Waals surface area contributed by atoms with Crippen LogP contribution in [0.4, 0.5) is 11.5 Å². The van der Waals surface area contributed by atoms with Gasteiger partial charge in [-0.05, 0) is 39.8 Å². The number of methoxy groups -OCH3 is 1. The number of amides is 1. The zero-order valence-electron chi connectivity index (χ0n) is 19.3. The Balaban J connectivity index is 1.51. The summed E-state index contributed by atoms with van der Waals surface area (Å²) in [5, 5.41) is 7.03. The summed E-state index contributed by atoms with van der Waals surface area (Å²) in [6, 6.07) is 4.60. The van der Waals surface area contributed by atoms with Crippen LogP contribution in [0.25, 0.3) is 15.9 Å². The second-order valence-electron chi connectivity index (χ2n) is 8.65. The second-order valence-corrected chi connectivity index (χ2v) is 9.61. The Bertz CT molecular complexity index is 1350. The first-order chi connectivity index (χ1) is 15.8. The van der Waals surface area contributed by atoms with Gasteiger partial charge in [-0.25, -0.2) is 9.97 Å². The molecule has 1 aliphatic heterocycles. The average molecular weight is 466 g/mol. The van der Waals surface area contributed by atoms with Crippen molar-refractivity contribution in [2.45, 2.75) is 39.8 Å². The molecule has 0 bridgehead atoms. The maximum Gasteiger partial charge on any atom is 0.274 e. The van der Waals surface area contributed by atoms with Gasteiger partial charge in [-0.1, -0.05) is 11.3 Å². The molecule has 0 aliphatic carbocycles. The fraction of sp³-hybridized carbons (Fsp3) is 0.391. The lowest BCUT2D eigenvalue weighted by molar-refractivity contribution is 0.102. The van der Waals surface area contributed by atoms with E-state index in [1.54, 1.807) is 13.3 Å². The lowest BCUT2D eigenvalue weighted by atomic mass is 10.1. The largest absolute Gasteiger partial charge is 0.473 e. The maximum absolute atomic E-state index is 13.3. The predicted octanol–water partition coefficient (Wildman–Crippen LogP) is 3.40. The molecule has 3 aromatic heterocycles. The second kappa shape index (κ2) is 8.27. The number of benzene rings is 1. The van der Waals surface area contributed by atoms with Gasteiger partial charge in [0.1, 0.15) is 5.52 Å². The Morgan fingerprint density at radius 3 is 2.64 bits per heavy atom. The summed E-state index contributed by atoms with van der Waals surface area (Å²) in [5.74, 6) is 0.215. The molecule has 10 heteroatoms. The molecule has 2 atom stereocenters. The van der Waals surface area contributed by atoms with Gasteiger partial charge in [0.15, 0.2) is 11.5 Å². The zero-order chi connectivity index (χ0) is 23.3. The molecule has 0 unspecified atom stereocenters. The molecular weight excluding hydrogens is 438 g/mol. The Labute approximate surface area is 195 Å². The number of imidazole rings is 1. The van der Waals surface area contributed by atoms with Gasteiger partial charge in [0, 0.05) is 31.4 Å². The van der Waals surface area contributed by atoms with Crippen LogP contribution in [-0.2, 0) is 0 Å². The quantitative estimate of drug-likeness (QED) is 0.477. The number of anilines is 2. The van der Waals surface area contributed by atoms with E-state index in [1.165, 1.54) is 11.3 Å². The third-order valence-electron chi connectivity index (χ3n) is 5.79. The molecule has 1 amide bonds. The first kappa shape index (κ1) is 21.6. The van der Waals surface area contributed by atoms with Gasteiger partial charge < -0.3 is 24.7 Å². The average Bonchev–Trinajstić information content (AvgIpc) is 3.36. The number of aromatic nitrogens is 4. The van der Waals surface area contributed by atoms with Crippen LogP contribution in [0.5, 0.6) is 5.19 Å². The predicted molar refractivity (Wildman–Crippen MR) is 131 cm³/mol. The third kappa shape index (κ3) is 4.00. The number of piperazine rings is 1. The number of hydrogen-bond donors (Lipinski definition) is 2. The fourth-order valence-electron chi connectivity index (χ4n) is 4.56. The molecule has 0 saturated carbocycles. The molecule has 4 heterocycles. The minimum atomic E-state index is -0.257. The number of carbonyl (C=O) groups is 1. The van der Waals surface area contributed by atoms with Crippen molar-refractivity contribution >= 4 is 44.6 Å². The van der Waals surface area contributed by atoms with Crippen LogP contribution in [-0.4, -0.2) is 57.5 Å². The topological polar surface area (TPSA) is 96.7 Å². The summed E-state index contributed by atoms with van der Waals surface area (Å²) < 4.78 is 8.25. The molecule has 4 aromatic rings. The normalized spacial score (nSPS) is 18.8. The van der Waals surface area contributed by atoms with E-state index in [1.807, 2.05) is 36.6 Å². The van der Waals surface area contributed by atoms with Gasteiger partial charge in [0.2, 0.25) is 0 Å². The van der Waals surface area contributed by atoms with Crippen molar-refractivity contribution in [2.75, 3.05) is 30.4 Å². The number of ether oxygens (including phenoxy) is 1. The highest BCUT2D eigenvalue weighted by atomic mass is 32.1. The standard InChI is InChI=1S/C23H27N7O2S/c1-12-8-29(9-13(2)24-12)17-7-6-16(19-20(17)33-23(28-19)32-5)22(31)27-18-11-30-10-14(3)25-15(4)21(30)26-18/h6-7,10-13,24H,8-9H2,1-5H3,(H,27,31)/t12-,13-/m0/s1. The maximum atomic E-state index is 13.3. The van der Waals surface area contributed by atoms with E-state index in [0.29, 0.717) is 39.8 Å². The highest BCUT2D eigenvalue weighted by molar-refractivity contribution is 7.21. The lowest BCUT2D eigenvalue weighted by Crippen LogP contribution is -2.54. The Hall–Kier alpha value is -3.24. The van der Waals surface area contributed by atoms with Gasteiger partial charge >= 0.3 is 0 Å². The minimum Gasteiger partial charge on any atom is -0.473 e. The van der Waals surface area contributed by atoms with E-state index in [-0.39, 0.29) is 5.91 Å². The monoisotopic (exact) mass is 465 g/mol. The SMILES string of the molecule is COc1nc2c(C(=O)Nc3cn4cc(C)nc(C)c4n3)ccc(N3C[C@H](C)N[C@@H](C)C3)c2s1. The summed E-state index contributed by atoms with van der Waals surface area (Å²) in [5.41, 5.74) is 4.63. The highest BCUT2D eigenvalue weighted by Crippen LogP contribution is 2.38. The number of nitrogens with zero attached hydrogens (tertiary/aromatic N) is 5. The van der Waals surface area contributed by atoms with Gasteiger partial charge in [-0.3, -0.25) is 9.78 Å². The van der Waals surface area contributed by atoms with Crippen molar-refractivity contribution in [3.63, 3.8) is 0 Å². The summed E-state index contributed by atoms with van der Waals surface area (Å²) >= 11 is 1.46. The first-order valence-electron chi connectivity index (χ1n) is 10.9. The van der Waals surface area contributed by atoms with Crippen molar-refractivity contribution < 1.29 is 9.53 Å². The van der Waals surface area contributed by atoms with Crippen molar-refractivity contribution in [2.24, 2.45) is 0 Å². The zero-order valence-corrected chi connectivity index (χ0v) is 20.2. The molecule has 5 rings (SSSR count). The molecule has 0 radical (unpaired) electrons. The summed E-state index contributed by atoms with van der Waals surface area (Å²) in [6.07, 6.45) is 3.68. The number of hydrogen-bond acceptors (Lipinski definition) is 8. The van der Waals surface area contributed by atoms with Crippen molar-refractivity contribution in [1.29, 1.82) is 0 Å². The number of rotatable bonds is 4. The van der Waals surface area contributed by atoms with Crippen LogP contribution in [0.1, 0.15) is 35.6 Å². The molecule has 2 N–H and O–H groups in total. The molecule has 9 nitrogen and oxygen atoms in total. The van der Waals surface area contributed by atoms with Gasteiger partial charge in [0.25, 0.3) is 11.1 Å². The summed E-state index contributed by atoms with van der Waals surface area (Å²) in [6.45, 7) is 9.98. The highest BCUT2D eigenvalue weighted by Gasteiger charge is 2.26. The van der Waals surface area contributed by atoms with Crippen LogP contribution in [0.15, 0.2) is 24.5 Å². The van der Waals surface area contributed by atoms with E-state index < -0.39 is 0 Å². The van der Waals surface area contributed by atoms with Crippen LogP contribution in [0, 0.1) is 13.8 Å². The van der Waals surface area contributed by atoms with E-state index in [9.17, 15) is 4.79 Å².